The van der Waals surface area contributed by atoms with Crippen molar-refractivity contribution in [1.82, 2.24) is 10.2 Å². The molecule has 2 aliphatic heterocycles. The Morgan fingerprint density at radius 1 is 1.33 bits per heavy atom. The van der Waals surface area contributed by atoms with Crippen LogP contribution in [0, 0.1) is 5.92 Å². The normalized spacial score (nSPS) is 29.0. The highest BCUT2D eigenvalue weighted by molar-refractivity contribution is 4.99. The summed E-state index contributed by atoms with van der Waals surface area (Å²) in [5.41, 5.74) is 0.138. The van der Waals surface area contributed by atoms with Crippen LogP contribution in [0.3, 0.4) is 0 Å². The van der Waals surface area contributed by atoms with E-state index in [0.717, 1.165) is 19.1 Å². The summed E-state index contributed by atoms with van der Waals surface area (Å²) >= 11 is 0. The topological polar surface area (TPSA) is 24.5 Å². The molecule has 2 fully saturated rings. The fourth-order valence-corrected chi connectivity index (χ4v) is 3.38. The summed E-state index contributed by atoms with van der Waals surface area (Å²) in [6.07, 6.45) is 4.98. The lowest BCUT2D eigenvalue weighted by atomic mass is 9.80. The van der Waals surface area contributed by atoms with Crippen molar-refractivity contribution >= 4 is 0 Å². The number of morpholine rings is 1. The highest BCUT2D eigenvalue weighted by atomic mass is 16.5. The first-order chi connectivity index (χ1) is 8.66. The molecule has 3 nitrogen and oxygen atoms in total. The Labute approximate surface area is 112 Å². The van der Waals surface area contributed by atoms with Crippen LogP contribution >= 0.6 is 0 Å². The average Bonchev–Trinajstić information content (AvgIpc) is 2.39. The summed E-state index contributed by atoms with van der Waals surface area (Å²) in [6.45, 7) is 12.4. The fraction of sp³-hybridized carbons (Fsp3) is 1.00. The molecular formula is C15H30N2O. The van der Waals surface area contributed by atoms with Gasteiger partial charge < -0.3 is 15.0 Å². The zero-order valence-corrected chi connectivity index (χ0v) is 12.4. The minimum atomic E-state index is 0.138. The maximum Gasteiger partial charge on any atom is 0.0859 e. The van der Waals surface area contributed by atoms with E-state index in [4.69, 9.17) is 4.74 Å². The van der Waals surface area contributed by atoms with Gasteiger partial charge in [0.2, 0.25) is 0 Å². The van der Waals surface area contributed by atoms with Gasteiger partial charge in [-0.15, -0.1) is 0 Å². The van der Waals surface area contributed by atoms with Gasteiger partial charge in [-0.25, -0.2) is 0 Å². The molecule has 0 aromatic heterocycles. The second-order valence-corrected chi connectivity index (χ2v) is 6.33. The lowest BCUT2D eigenvalue weighted by Crippen LogP contribution is -2.62. The lowest BCUT2D eigenvalue weighted by Gasteiger charge is -2.49. The largest absolute Gasteiger partial charge is 0.372 e. The third-order valence-corrected chi connectivity index (χ3v) is 4.70. The van der Waals surface area contributed by atoms with Crippen molar-refractivity contribution in [2.45, 2.75) is 58.1 Å². The van der Waals surface area contributed by atoms with Crippen molar-refractivity contribution in [3.05, 3.63) is 0 Å². The van der Waals surface area contributed by atoms with Gasteiger partial charge in [0.25, 0.3) is 0 Å². The molecule has 1 atom stereocenters. The molecule has 0 amide bonds. The molecular weight excluding hydrogens is 224 g/mol. The highest BCUT2D eigenvalue weighted by Gasteiger charge is 2.43. The quantitative estimate of drug-likeness (QED) is 0.833. The molecule has 18 heavy (non-hydrogen) atoms. The van der Waals surface area contributed by atoms with E-state index < -0.39 is 0 Å². The number of nitrogens with zero attached hydrogens (tertiary/aromatic N) is 1. The zero-order valence-electron chi connectivity index (χ0n) is 12.4. The Hall–Kier alpha value is -0.120. The summed E-state index contributed by atoms with van der Waals surface area (Å²) in [6, 6.07) is 0.577. The third kappa shape index (κ3) is 3.25. The molecule has 0 aromatic rings. The Balaban J connectivity index is 1.94. The van der Waals surface area contributed by atoms with Crippen LogP contribution in [0.2, 0.25) is 0 Å². The Morgan fingerprint density at radius 3 is 2.67 bits per heavy atom. The van der Waals surface area contributed by atoms with Crippen LogP contribution in [0.25, 0.3) is 0 Å². The van der Waals surface area contributed by atoms with Crippen LogP contribution in [0.4, 0.5) is 0 Å². The van der Waals surface area contributed by atoms with E-state index in [1.807, 2.05) is 0 Å². The van der Waals surface area contributed by atoms with E-state index in [1.165, 1.54) is 45.3 Å². The molecule has 3 heteroatoms. The van der Waals surface area contributed by atoms with Crippen LogP contribution in [0.5, 0.6) is 0 Å². The first-order valence-electron chi connectivity index (χ1n) is 7.76. The van der Waals surface area contributed by atoms with Gasteiger partial charge >= 0.3 is 0 Å². The van der Waals surface area contributed by atoms with E-state index in [9.17, 15) is 0 Å². The second-order valence-electron chi connectivity index (χ2n) is 6.33. The maximum absolute atomic E-state index is 6.25. The number of piperidine rings is 1. The summed E-state index contributed by atoms with van der Waals surface area (Å²) in [7, 11) is 0. The average molecular weight is 254 g/mol. The fourth-order valence-electron chi connectivity index (χ4n) is 3.38. The first kappa shape index (κ1) is 14.3. The minimum absolute atomic E-state index is 0.138. The van der Waals surface area contributed by atoms with Gasteiger partial charge in [0.05, 0.1) is 12.2 Å². The third-order valence-electron chi connectivity index (χ3n) is 4.70. The van der Waals surface area contributed by atoms with Gasteiger partial charge in [0.15, 0.2) is 0 Å². The van der Waals surface area contributed by atoms with Gasteiger partial charge in [-0.05, 0) is 38.1 Å². The van der Waals surface area contributed by atoms with E-state index >= 15 is 0 Å². The van der Waals surface area contributed by atoms with Crippen LogP contribution in [-0.4, -0.2) is 49.3 Å². The summed E-state index contributed by atoms with van der Waals surface area (Å²) in [5.74, 6) is 0.793. The summed E-state index contributed by atoms with van der Waals surface area (Å²) in [4.78, 5) is 2.54. The molecule has 0 saturated carbocycles. The molecule has 0 aromatic carbocycles. The number of nitrogens with one attached hydrogen (secondary N) is 1. The minimum Gasteiger partial charge on any atom is -0.372 e. The van der Waals surface area contributed by atoms with Gasteiger partial charge in [-0.1, -0.05) is 20.8 Å². The standard InChI is InChI=1S/C15H30N2O/c1-4-17-10-7-15(8-11-17)14(6-5-13(2)3)16-9-12-18-15/h13-14,16H,4-12H2,1-3H3. The van der Waals surface area contributed by atoms with Crippen LogP contribution < -0.4 is 5.32 Å². The van der Waals surface area contributed by atoms with Gasteiger partial charge in [-0.3, -0.25) is 0 Å². The molecule has 2 rings (SSSR count). The van der Waals surface area contributed by atoms with Crippen LogP contribution in [-0.2, 0) is 4.74 Å². The zero-order chi connectivity index (χ0) is 13.0. The SMILES string of the molecule is CCN1CCC2(CC1)OCCNC2CCC(C)C. The van der Waals surface area contributed by atoms with Crippen molar-refractivity contribution < 1.29 is 4.74 Å². The van der Waals surface area contributed by atoms with Crippen molar-refractivity contribution in [3.8, 4) is 0 Å². The van der Waals surface area contributed by atoms with Crippen LogP contribution in [0.15, 0.2) is 0 Å². The Kier molecular flexibility index (Phi) is 5.05. The second kappa shape index (κ2) is 6.36. The summed E-state index contributed by atoms with van der Waals surface area (Å²) < 4.78 is 6.25. The van der Waals surface area contributed by atoms with Gasteiger partial charge in [0, 0.05) is 25.7 Å². The van der Waals surface area contributed by atoms with E-state index in [0.29, 0.717) is 6.04 Å². The molecule has 106 valence electrons. The summed E-state index contributed by atoms with van der Waals surface area (Å²) in [5, 5.41) is 3.72. The monoisotopic (exact) mass is 254 g/mol. The van der Waals surface area contributed by atoms with Crippen molar-refractivity contribution in [1.29, 1.82) is 0 Å². The van der Waals surface area contributed by atoms with Gasteiger partial charge in [-0.2, -0.15) is 0 Å². The van der Waals surface area contributed by atoms with E-state index in [-0.39, 0.29) is 5.60 Å². The molecule has 2 saturated heterocycles. The predicted molar refractivity (Wildman–Crippen MR) is 75.9 cm³/mol. The smallest absolute Gasteiger partial charge is 0.0859 e. The molecule has 1 spiro atoms. The lowest BCUT2D eigenvalue weighted by molar-refractivity contribution is -0.129. The molecule has 0 radical (unpaired) electrons. The number of hydrogen-bond acceptors (Lipinski definition) is 3. The number of ether oxygens (including phenoxy) is 1. The van der Waals surface area contributed by atoms with E-state index in [1.54, 1.807) is 0 Å². The maximum atomic E-state index is 6.25. The van der Waals surface area contributed by atoms with Gasteiger partial charge in [0.1, 0.15) is 0 Å². The number of rotatable bonds is 4. The molecule has 1 N–H and O–H groups in total. The predicted octanol–water partition coefficient (Wildman–Crippen LogP) is 2.27. The Bertz CT molecular complexity index is 247. The molecule has 0 aliphatic carbocycles. The van der Waals surface area contributed by atoms with Crippen molar-refractivity contribution in [2.75, 3.05) is 32.8 Å². The number of likely N-dealkylation sites (tertiary alicyclic amines) is 1. The van der Waals surface area contributed by atoms with Crippen molar-refractivity contribution in [3.63, 3.8) is 0 Å². The molecule has 2 heterocycles. The molecule has 0 bridgehead atoms. The van der Waals surface area contributed by atoms with E-state index in [2.05, 4.69) is 31.0 Å². The molecule has 1 unspecified atom stereocenters. The molecule has 2 aliphatic rings. The van der Waals surface area contributed by atoms with Crippen LogP contribution in [0.1, 0.15) is 46.5 Å². The first-order valence-corrected chi connectivity index (χ1v) is 7.76. The Morgan fingerprint density at radius 2 is 2.06 bits per heavy atom. The van der Waals surface area contributed by atoms with Crippen molar-refractivity contribution in [2.24, 2.45) is 5.92 Å². The highest BCUT2D eigenvalue weighted by Crippen LogP contribution is 2.34. The number of hydrogen-bond donors (Lipinski definition) is 1.